The monoisotopic (exact) mass is 776 g/mol. The van der Waals surface area contributed by atoms with Gasteiger partial charge in [0.1, 0.15) is 18.1 Å². The number of hydrogen-bond donors (Lipinski definition) is 2. The van der Waals surface area contributed by atoms with Gasteiger partial charge in [0.05, 0.1) is 29.1 Å². The van der Waals surface area contributed by atoms with Crippen molar-refractivity contribution >= 4 is 27.7 Å². The fourth-order valence-corrected chi connectivity index (χ4v) is 6.66. The smallest absolute Gasteiger partial charge is 0.417 e. The zero-order valence-electron chi connectivity index (χ0n) is 27.7. The Morgan fingerprint density at radius 2 is 1.75 bits per heavy atom. The van der Waals surface area contributed by atoms with Gasteiger partial charge in [-0.2, -0.15) is 13.2 Å². The highest BCUT2D eigenvalue weighted by Gasteiger charge is 2.41. The van der Waals surface area contributed by atoms with Gasteiger partial charge in [-0.15, -0.1) is 0 Å². The van der Waals surface area contributed by atoms with E-state index >= 15 is 0 Å². The van der Waals surface area contributed by atoms with Crippen LogP contribution in [-0.4, -0.2) is 59.2 Å². The third-order valence-corrected chi connectivity index (χ3v) is 9.92. The van der Waals surface area contributed by atoms with Crippen molar-refractivity contribution in [3.05, 3.63) is 128 Å². The summed E-state index contributed by atoms with van der Waals surface area (Å²) in [4.78, 5) is 52.2. The minimum absolute atomic E-state index is 0.0101. The summed E-state index contributed by atoms with van der Waals surface area (Å²) in [6.07, 6.45) is -0.169. The predicted molar refractivity (Wildman–Crippen MR) is 187 cm³/mol. The first kappa shape index (κ1) is 35.1. The number of nitrogens with zero attached hydrogens (tertiary/aromatic N) is 5. The molecule has 0 spiro atoms. The number of alkyl halides is 3. The molecule has 3 heterocycles. The van der Waals surface area contributed by atoms with E-state index in [1.54, 1.807) is 49.6 Å². The Hall–Kier alpha value is -5.28. The summed E-state index contributed by atoms with van der Waals surface area (Å²) in [5.41, 5.74) is -0.594. The van der Waals surface area contributed by atoms with Gasteiger partial charge >= 0.3 is 11.9 Å². The second-order valence-electron chi connectivity index (χ2n) is 12.9. The van der Waals surface area contributed by atoms with Gasteiger partial charge in [0.15, 0.2) is 5.82 Å². The van der Waals surface area contributed by atoms with Crippen molar-refractivity contribution in [1.29, 1.82) is 0 Å². The number of carbonyl (C=O) groups excluding carboxylic acids is 2. The molecule has 0 radical (unpaired) electrons. The lowest BCUT2D eigenvalue weighted by molar-refractivity contribution is -0.138. The van der Waals surface area contributed by atoms with Crippen LogP contribution < -0.4 is 15.7 Å². The molecule has 268 valence electrons. The number of hydrogen-bond acceptors (Lipinski definition) is 7. The van der Waals surface area contributed by atoms with Crippen LogP contribution in [0.3, 0.4) is 0 Å². The van der Waals surface area contributed by atoms with Crippen molar-refractivity contribution in [3.63, 3.8) is 0 Å². The standard InChI is InChI=1S/C37H32BrF3N6O5/c1-22-19-46-30(20-45(22)34(49)23-7-12-29(38)28(17-23)37(39,40)41)31(33(48)44-18-24-5-2-3-6-27(24)32-42-15-4-16-43-32)47(35(46)50)25-8-10-26(11-9-25)52-21-36(51)13-14-36/h2-12,15-17,22,51H,13-14,18-21H2,1H3,(H,44,48)/t22-/m0/s1. The van der Waals surface area contributed by atoms with Crippen molar-refractivity contribution in [1.82, 2.24) is 29.3 Å². The van der Waals surface area contributed by atoms with E-state index in [9.17, 15) is 32.7 Å². The van der Waals surface area contributed by atoms with Gasteiger partial charge in [-0.1, -0.05) is 40.2 Å². The molecule has 52 heavy (non-hydrogen) atoms. The number of carbonyl (C=O) groups is 2. The fourth-order valence-electron chi connectivity index (χ4n) is 6.19. The summed E-state index contributed by atoms with van der Waals surface area (Å²) in [5, 5.41) is 13.1. The Labute approximate surface area is 303 Å². The number of halogens is 4. The van der Waals surface area contributed by atoms with Gasteiger partial charge in [-0.05, 0) is 73.9 Å². The topological polar surface area (TPSA) is 132 Å². The van der Waals surface area contributed by atoms with Crippen molar-refractivity contribution in [2.75, 3.05) is 6.61 Å². The summed E-state index contributed by atoms with van der Waals surface area (Å²) in [6.45, 7) is 1.62. The summed E-state index contributed by atoms with van der Waals surface area (Å²) >= 11 is 2.92. The maximum Gasteiger partial charge on any atom is 0.417 e. The number of nitrogens with one attached hydrogen (secondary N) is 1. The number of fused-ring (bicyclic) bond motifs is 1. The Bertz CT molecular complexity index is 2220. The van der Waals surface area contributed by atoms with Gasteiger partial charge in [0, 0.05) is 47.1 Å². The molecule has 3 aromatic carbocycles. The number of aliphatic hydroxyl groups is 1. The third kappa shape index (κ3) is 6.97. The van der Waals surface area contributed by atoms with Gasteiger partial charge < -0.3 is 20.1 Å². The lowest BCUT2D eigenvalue weighted by Crippen LogP contribution is -2.47. The number of amides is 2. The molecule has 11 nitrogen and oxygen atoms in total. The van der Waals surface area contributed by atoms with Crippen molar-refractivity contribution < 1.29 is 32.6 Å². The van der Waals surface area contributed by atoms with Gasteiger partial charge in [0.2, 0.25) is 0 Å². The Kier molecular flexibility index (Phi) is 9.25. The molecule has 0 unspecified atom stereocenters. The molecule has 0 saturated heterocycles. The maximum atomic E-state index is 14.3. The Morgan fingerprint density at radius 3 is 2.44 bits per heavy atom. The summed E-state index contributed by atoms with van der Waals surface area (Å²) in [6, 6.07) is 18.1. The molecule has 2 aliphatic rings. The first-order valence-corrected chi connectivity index (χ1v) is 17.2. The highest BCUT2D eigenvalue weighted by atomic mass is 79.9. The van der Waals surface area contributed by atoms with E-state index in [0.717, 1.165) is 6.07 Å². The average molecular weight is 778 g/mol. The zero-order valence-corrected chi connectivity index (χ0v) is 29.3. The van der Waals surface area contributed by atoms with Crippen LogP contribution >= 0.6 is 15.9 Å². The number of benzene rings is 3. The van der Waals surface area contributed by atoms with E-state index < -0.39 is 40.9 Å². The molecule has 1 aliphatic heterocycles. The first-order chi connectivity index (χ1) is 24.8. The Morgan fingerprint density at radius 1 is 1.04 bits per heavy atom. The summed E-state index contributed by atoms with van der Waals surface area (Å²) in [7, 11) is 0. The van der Waals surface area contributed by atoms with Crippen molar-refractivity contribution in [2.45, 2.75) is 57.2 Å². The van der Waals surface area contributed by atoms with Crippen LogP contribution in [0.4, 0.5) is 13.2 Å². The van der Waals surface area contributed by atoms with Crippen LogP contribution in [0.1, 0.15) is 57.4 Å². The molecule has 2 amide bonds. The molecule has 1 saturated carbocycles. The minimum Gasteiger partial charge on any atom is -0.491 e. The van der Waals surface area contributed by atoms with Crippen LogP contribution in [0.2, 0.25) is 0 Å². The van der Waals surface area contributed by atoms with Gasteiger partial charge in [-0.3, -0.25) is 18.7 Å². The highest BCUT2D eigenvalue weighted by Crippen LogP contribution is 2.37. The zero-order chi connectivity index (χ0) is 36.8. The first-order valence-electron chi connectivity index (χ1n) is 16.4. The average Bonchev–Trinajstić information content (AvgIpc) is 3.81. The molecule has 2 N–H and O–H groups in total. The normalized spacial score (nSPS) is 16.3. The number of aromatic nitrogens is 4. The number of rotatable bonds is 9. The molecule has 5 aromatic rings. The summed E-state index contributed by atoms with van der Waals surface area (Å²) < 4.78 is 49.4. The molecule has 1 fully saturated rings. The van der Waals surface area contributed by atoms with Crippen LogP contribution in [-0.2, 0) is 25.8 Å². The number of imidazole rings is 1. The minimum atomic E-state index is -4.70. The van der Waals surface area contributed by atoms with Crippen LogP contribution in [0.5, 0.6) is 5.75 Å². The predicted octanol–water partition coefficient (Wildman–Crippen LogP) is 5.76. The summed E-state index contributed by atoms with van der Waals surface area (Å²) in [5.74, 6) is -0.369. The molecule has 7 rings (SSSR count). The fraction of sp³-hybridized carbons (Fsp3) is 0.270. The van der Waals surface area contributed by atoms with Crippen LogP contribution in [0.25, 0.3) is 17.1 Å². The molecule has 0 bridgehead atoms. The van der Waals surface area contributed by atoms with Crippen LogP contribution in [0.15, 0.2) is 94.5 Å². The van der Waals surface area contributed by atoms with E-state index in [4.69, 9.17) is 4.74 Å². The largest absolute Gasteiger partial charge is 0.491 e. The van der Waals surface area contributed by atoms with E-state index in [2.05, 4.69) is 31.2 Å². The van der Waals surface area contributed by atoms with Gasteiger partial charge in [0.25, 0.3) is 11.8 Å². The van der Waals surface area contributed by atoms with E-state index in [-0.39, 0.29) is 47.7 Å². The Balaban J connectivity index is 1.25. The quantitative estimate of drug-likeness (QED) is 0.195. The second kappa shape index (κ2) is 13.7. The molecule has 1 aliphatic carbocycles. The second-order valence-corrected chi connectivity index (χ2v) is 13.8. The maximum absolute atomic E-state index is 14.3. The van der Waals surface area contributed by atoms with Crippen LogP contribution in [0, 0.1) is 0 Å². The number of ether oxygens (including phenoxy) is 1. The highest BCUT2D eigenvalue weighted by molar-refractivity contribution is 9.10. The lowest BCUT2D eigenvalue weighted by Gasteiger charge is -2.34. The molecular formula is C37H32BrF3N6O5. The lowest BCUT2D eigenvalue weighted by atomic mass is 10.1. The van der Waals surface area contributed by atoms with Gasteiger partial charge in [-0.25, -0.2) is 14.8 Å². The third-order valence-electron chi connectivity index (χ3n) is 9.23. The molecule has 15 heteroatoms. The van der Waals surface area contributed by atoms with E-state index in [0.29, 0.717) is 41.2 Å². The molecular weight excluding hydrogens is 745 g/mol. The molecule has 2 aromatic heterocycles. The van der Waals surface area contributed by atoms with Crippen molar-refractivity contribution in [3.8, 4) is 22.8 Å². The SMILES string of the molecule is C[C@H]1Cn2c(c(C(=O)NCc3ccccc3-c3ncccn3)n(-c3ccc(OCC4(O)CC4)cc3)c2=O)CN1C(=O)c1ccc(Br)c(C(F)(F)F)c1. The van der Waals surface area contributed by atoms with E-state index in [1.165, 1.54) is 26.2 Å². The van der Waals surface area contributed by atoms with Crippen molar-refractivity contribution in [2.24, 2.45) is 0 Å². The molecule has 1 atom stereocenters. The van der Waals surface area contributed by atoms with E-state index in [1.807, 2.05) is 24.3 Å².